The van der Waals surface area contributed by atoms with E-state index in [0.29, 0.717) is 11.3 Å². The van der Waals surface area contributed by atoms with E-state index < -0.39 is 23.4 Å². The van der Waals surface area contributed by atoms with Gasteiger partial charge in [-0.15, -0.1) is 13.2 Å². The highest BCUT2D eigenvalue weighted by Gasteiger charge is 2.31. The predicted octanol–water partition coefficient (Wildman–Crippen LogP) is 5.18. The standard InChI is InChI=1S/C25H15F4N5O2/c26-19-14-16(20-6-1-2-11-30-20)7-8-21(19)33-13-10-23(35)24(32-33)22-9-12-31-34(22)17-4-3-5-18(15-17)36-25(27,28)29/h1-15H. The van der Waals surface area contributed by atoms with Crippen LogP contribution >= 0.6 is 0 Å². The highest BCUT2D eigenvalue weighted by Crippen LogP contribution is 2.27. The smallest absolute Gasteiger partial charge is 0.406 e. The number of aromatic nitrogens is 5. The van der Waals surface area contributed by atoms with Crippen LogP contribution in [-0.4, -0.2) is 30.9 Å². The van der Waals surface area contributed by atoms with E-state index in [-0.39, 0.29) is 22.8 Å². The van der Waals surface area contributed by atoms with Gasteiger partial charge in [0.2, 0.25) is 5.43 Å². The topological polar surface area (TPSA) is 74.8 Å². The van der Waals surface area contributed by atoms with Crippen LogP contribution in [0.4, 0.5) is 17.6 Å². The largest absolute Gasteiger partial charge is 0.573 e. The van der Waals surface area contributed by atoms with Crippen LogP contribution in [0.15, 0.2) is 96.2 Å². The van der Waals surface area contributed by atoms with Crippen LogP contribution in [0.2, 0.25) is 0 Å². The van der Waals surface area contributed by atoms with E-state index in [1.165, 1.54) is 58.2 Å². The van der Waals surface area contributed by atoms with Crippen molar-refractivity contribution >= 4 is 0 Å². The molecule has 0 radical (unpaired) electrons. The van der Waals surface area contributed by atoms with Crippen molar-refractivity contribution in [2.45, 2.75) is 6.36 Å². The van der Waals surface area contributed by atoms with Gasteiger partial charge in [0.05, 0.1) is 23.3 Å². The maximum absolute atomic E-state index is 15.0. The van der Waals surface area contributed by atoms with Gasteiger partial charge in [0.25, 0.3) is 0 Å². The Labute approximate surface area is 200 Å². The summed E-state index contributed by atoms with van der Waals surface area (Å²) >= 11 is 0. The molecule has 0 spiro atoms. The fourth-order valence-electron chi connectivity index (χ4n) is 3.61. The summed E-state index contributed by atoms with van der Waals surface area (Å²) in [5.74, 6) is -1.04. The second-order valence-corrected chi connectivity index (χ2v) is 7.53. The van der Waals surface area contributed by atoms with Crippen molar-refractivity contribution < 1.29 is 22.3 Å². The number of halogens is 4. The molecule has 0 N–H and O–H groups in total. The van der Waals surface area contributed by atoms with Gasteiger partial charge in [-0.1, -0.05) is 18.2 Å². The number of rotatable bonds is 5. The molecule has 0 aliphatic heterocycles. The Balaban J connectivity index is 1.53. The van der Waals surface area contributed by atoms with E-state index in [2.05, 4.69) is 19.9 Å². The normalized spacial score (nSPS) is 11.4. The minimum Gasteiger partial charge on any atom is -0.406 e. The number of nitrogens with zero attached hydrogens (tertiary/aromatic N) is 5. The summed E-state index contributed by atoms with van der Waals surface area (Å²) in [6.45, 7) is 0. The van der Waals surface area contributed by atoms with Crippen molar-refractivity contribution in [2.24, 2.45) is 0 Å². The molecular weight excluding hydrogens is 478 g/mol. The SMILES string of the molecule is O=c1ccn(-c2ccc(-c3ccccn3)cc2F)nc1-c1ccnn1-c1cccc(OC(F)(F)F)c1. The number of benzene rings is 2. The average Bonchev–Trinajstić information content (AvgIpc) is 3.34. The molecular formula is C25H15F4N5O2. The maximum atomic E-state index is 15.0. The zero-order valence-electron chi connectivity index (χ0n) is 18.2. The van der Waals surface area contributed by atoms with E-state index in [1.54, 1.807) is 30.5 Å². The Bertz CT molecular complexity index is 1600. The lowest BCUT2D eigenvalue weighted by atomic mass is 10.1. The van der Waals surface area contributed by atoms with Crippen LogP contribution in [0.5, 0.6) is 5.75 Å². The Morgan fingerprint density at radius 1 is 0.889 bits per heavy atom. The molecule has 36 heavy (non-hydrogen) atoms. The lowest BCUT2D eigenvalue weighted by Crippen LogP contribution is -2.17. The molecule has 0 saturated heterocycles. The Morgan fingerprint density at radius 2 is 1.75 bits per heavy atom. The lowest BCUT2D eigenvalue weighted by molar-refractivity contribution is -0.274. The third-order valence-corrected chi connectivity index (χ3v) is 5.14. The second-order valence-electron chi connectivity index (χ2n) is 7.53. The van der Waals surface area contributed by atoms with Crippen LogP contribution in [0, 0.1) is 5.82 Å². The number of ether oxygens (including phenoxy) is 1. The summed E-state index contributed by atoms with van der Waals surface area (Å²) in [5.41, 5.74) is 1.09. The molecule has 0 fully saturated rings. The van der Waals surface area contributed by atoms with Crippen LogP contribution in [0.1, 0.15) is 0 Å². The summed E-state index contributed by atoms with van der Waals surface area (Å²) in [6, 6.07) is 17.6. The molecule has 0 aliphatic rings. The molecule has 0 atom stereocenters. The first-order valence-electron chi connectivity index (χ1n) is 10.5. The molecule has 5 aromatic rings. The third-order valence-electron chi connectivity index (χ3n) is 5.14. The predicted molar refractivity (Wildman–Crippen MR) is 122 cm³/mol. The first kappa shape index (κ1) is 23.0. The van der Waals surface area contributed by atoms with Gasteiger partial charge in [-0.25, -0.2) is 13.8 Å². The summed E-state index contributed by atoms with van der Waals surface area (Å²) in [5, 5.41) is 8.41. The molecule has 0 unspecified atom stereocenters. The monoisotopic (exact) mass is 493 g/mol. The Kier molecular flexibility index (Phi) is 5.80. The minimum absolute atomic E-state index is 0.0784. The molecule has 0 aliphatic carbocycles. The number of alkyl halides is 3. The lowest BCUT2D eigenvalue weighted by Gasteiger charge is -2.12. The molecule has 180 valence electrons. The van der Waals surface area contributed by atoms with Gasteiger partial charge >= 0.3 is 6.36 Å². The van der Waals surface area contributed by atoms with Crippen molar-refractivity contribution in [3.05, 3.63) is 107 Å². The zero-order valence-corrected chi connectivity index (χ0v) is 18.2. The maximum Gasteiger partial charge on any atom is 0.573 e. The van der Waals surface area contributed by atoms with Gasteiger partial charge in [0.1, 0.15) is 17.3 Å². The number of pyridine rings is 1. The van der Waals surface area contributed by atoms with E-state index in [1.807, 2.05) is 0 Å². The fourth-order valence-corrected chi connectivity index (χ4v) is 3.61. The highest BCUT2D eigenvalue weighted by atomic mass is 19.4. The van der Waals surface area contributed by atoms with Crippen molar-refractivity contribution in [3.63, 3.8) is 0 Å². The molecule has 7 nitrogen and oxygen atoms in total. The fraction of sp³-hybridized carbons (Fsp3) is 0.0400. The van der Waals surface area contributed by atoms with E-state index in [0.717, 1.165) is 12.1 Å². The molecule has 3 heterocycles. The Hall–Kier alpha value is -4.80. The third kappa shape index (κ3) is 4.71. The molecule has 0 bridgehead atoms. The van der Waals surface area contributed by atoms with Crippen molar-refractivity contribution in [1.82, 2.24) is 24.5 Å². The summed E-state index contributed by atoms with van der Waals surface area (Å²) in [7, 11) is 0. The van der Waals surface area contributed by atoms with E-state index in [4.69, 9.17) is 0 Å². The molecule has 5 rings (SSSR count). The van der Waals surface area contributed by atoms with Crippen LogP contribution < -0.4 is 10.2 Å². The van der Waals surface area contributed by atoms with Gasteiger partial charge in [-0.3, -0.25) is 9.78 Å². The highest BCUT2D eigenvalue weighted by molar-refractivity contribution is 5.61. The summed E-state index contributed by atoms with van der Waals surface area (Å²) in [6.07, 6.45) is -0.572. The molecule has 0 amide bonds. The zero-order chi connectivity index (χ0) is 25.3. The molecule has 3 aromatic heterocycles. The van der Waals surface area contributed by atoms with Gasteiger partial charge in [-0.05, 0) is 42.5 Å². The molecule has 0 saturated carbocycles. The van der Waals surface area contributed by atoms with Crippen LogP contribution in [0.25, 0.3) is 34.0 Å². The number of hydrogen-bond acceptors (Lipinski definition) is 5. The van der Waals surface area contributed by atoms with Gasteiger partial charge in [0, 0.05) is 30.1 Å². The van der Waals surface area contributed by atoms with Crippen molar-refractivity contribution in [1.29, 1.82) is 0 Å². The Morgan fingerprint density at radius 3 is 2.50 bits per heavy atom. The summed E-state index contributed by atoms with van der Waals surface area (Å²) in [4.78, 5) is 16.9. The van der Waals surface area contributed by atoms with Gasteiger partial charge in [0.15, 0.2) is 5.69 Å². The van der Waals surface area contributed by atoms with Gasteiger partial charge in [-0.2, -0.15) is 10.2 Å². The van der Waals surface area contributed by atoms with Gasteiger partial charge < -0.3 is 4.74 Å². The number of hydrogen-bond donors (Lipinski definition) is 0. The van der Waals surface area contributed by atoms with Crippen molar-refractivity contribution in [3.8, 4) is 39.8 Å². The second kappa shape index (κ2) is 9.10. The first-order valence-corrected chi connectivity index (χ1v) is 10.5. The quantitative estimate of drug-likeness (QED) is 0.315. The van der Waals surface area contributed by atoms with E-state index >= 15 is 4.39 Å². The van der Waals surface area contributed by atoms with Crippen LogP contribution in [0.3, 0.4) is 0 Å². The average molecular weight is 493 g/mol. The molecule has 11 heteroatoms. The van der Waals surface area contributed by atoms with E-state index in [9.17, 15) is 18.0 Å². The van der Waals surface area contributed by atoms with Crippen LogP contribution in [-0.2, 0) is 0 Å². The minimum atomic E-state index is -4.86. The molecule has 2 aromatic carbocycles. The van der Waals surface area contributed by atoms with Crippen molar-refractivity contribution in [2.75, 3.05) is 0 Å². The summed E-state index contributed by atoms with van der Waals surface area (Å²) < 4.78 is 59.4. The first-order chi connectivity index (χ1) is 17.3.